The van der Waals surface area contributed by atoms with Crippen molar-refractivity contribution in [3.63, 3.8) is 0 Å². The minimum absolute atomic E-state index is 0.0238. The van der Waals surface area contributed by atoms with E-state index in [-0.39, 0.29) is 11.9 Å². The van der Waals surface area contributed by atoms with Crippen LogP contribution in [0, 0.1) is 6.92 Å². The topological polar surface area (TPSA) is 46.1 Å². The first-order valence-electron chi connectivity index (χ1n) is 5.76. The number of rotatable bonds is 3. The Hall–Kier alpha value is -1.75. The maximum Gasteiger partial charge on any atom is 0.261 e. The van der Waals surface area contributed by atoms with Crippen molar-refractivity contribution in [2.24, 2.45) is 0 Å². The van der Waals surface area contributed by atoms with Crippen LogP contribution in [0.25, 0.3) is 0 Å². The minimum atomic E-state index is -0.0238. The molecule has 5 heteroatoms. The molecule has 0 N–H and O–H groups in total. The first-order valence-corrected chi connectivity index (χ1v) is 6.59. The second-order valence-electron chi connectivity index (χ2n) is 4.29. The fraction of sp³-hybridized carbons (Fsp3) is 0.308. The summed E-state index contributed by atoms with van der Waals surface area (Å²) in [6.45, 7) is 5.82. The van der Waals surface area contributed by atoms with Gasteiger partial charge in [0.15, 0.2) is 0 Å². The summed E-state index contributed by atoms with van der Waals surface area (Å²) in [5.74, 6) is -0.0238. The van der Waals surface area contributed by atoms with Gasteiger partial charge in [-0.25, -0.2) is 0 Å². The van der Waals surface area contributed by atoms with Gasteiger partial charge >= 0.3 is 0 Å². The van der Waals surface area contributed by atoms with Crippen molar-refractivity contribution in [1.29, 1.82) is 0 Å². The van der Waals surface area contributed by atoms with Gasteiger partial charge in [-0.2, -0.15) is 4.37 Å². The molecule has 0 saturated heterocycles. The average Bonchev–Trinajstić information content (AvgIpc) is 2.76. The van der Waals surface area contributed by atoms with Crippen LogP contribution in [0.1, 0.15) is 29.9 Å². The average molecular weight is 261 g/mol. The highest BCUT2D eigenvalue weighted by molar-refractivity contribution is 7.04. The molecule has 94 valence electrons. The lowest BCUT2D eigenvalue weighted by Crippen LogP contribution is -2.37. The molecule has 0 bridgehead atoms. The van der Waals surface area contributed by atoms with Gasteiger partial charge in [-0.3, -0.25) is 9.78 Å². The van der Waals surface area contributed by atoms with E-state index < -0.39 is 0 Å². The molecule has 2 rings (SSSR count). The van der Waals surface area contributed by atoms with Crippen LogP contribution >= 0.6 is 11.5 Å². The number of aromatic nitrogens is 2. The lowest BCUT2D eigenvalue weighted by molar-refractivity contribution is 0.0980. The van der Waals surface area contributed by atoms with Gasteiger partial charge in [-0.05, 0) is 44.4 Å². The first kappa shape index (κ1) is 12.7. The third-order valence-corrected chi connectivity index (χ3v) is 3.36. The summed E-state index contributed by atoms with van der Waals surface area (Å²) >= 11 is 1.31. The Labute approximate surface area is 110 Å². The molecule has 0 saturated carbocycles. The molecule has 1 amide bonds. The monoisotopic (exact) mass is 261 g/mol. The molecule has 0 aromatic carbocycles. The lowest BCUT2D eigenvalue weighted by Gasteiger charge is -2.26. The molecule has 0 aliphatic heterocycles. The van der Waals surface area contributed by atoms with Gasteiger partial charge in [0.2, 0.25) is 0 Å². The van der Waals surface area contributed by atoms with Crippen LogP contribution in [0.15, 0.2) is 29.9 Å². The highest BCUT2D eigenvalue weighted by Gasteiger charge is 2.23. The predicted octanol–water partition coefficient (Wildman–Crippen LogP) is 2.90. The second kappa shape index (κ2) is 5.27. The summed E-state index contributed by atoms with van der Waals surface area (Å²) in [6, 6.07) is 3.79. The standard InChI is InChI=1S/C13H15N3OS/c1-9(2)16(11-5-4-6-14-7-11)13(17)12-8-18-15-10(12)3/h4-9H,1-3H3. The summed E-state index contributed by atoms with van der Waals surface area (Å²) in [6.07, 6.45) is 3.40. The molecule has 0 unspecified atom stereocenters. The van der Waals surface area contributed by atoms with Crippen molar-refractivity contribution in [2.75, 3.05) is 4.90 Å². The largest absolute Gasteiger partial charge is 0.304 e. The van der Waals surface area contributed by atoms with Crippen LogP contribution in [-0.4, -0.2) is 21.3 Å². The Morgan fingerprint density at radius 3 is 2.72 bits per heavy atom. The SMILES string of the molecule is Cc1nscc1C(=O)N(c1cccnc1)C(C)C. The zero-order chi connectivity index (χ0) is 13.1. The number of anilines is 1. The predicted molar refractivity (Wildman–Crippen MR) is 73.0 cm³/mol. The zero-order valence-corrected chi connectivity index (χ0v) is 11.4. The third-order valence-electron chi connectivity index (χ3n) is 2.64. The number of nitrogens with zero attached hydrogens (tertiary/aromatic N) is 3. The van der Waals surface area contributed by atoms with E-state index in [2.05, 4.69) is 9.36 Å². The molecular weight excluding hydrogens is 246 g/mol. The molecular formula is C13H15N3OS. The van der Waals surface area contributed by atoms with E-state index in [1.807, 2.05) is 32.9 Å². The molecule has 0 aliphatic carbocycles. The normalized spacial score (nSPS) is 10.7. The maximum atomic E-state index is 12.5. The maximum absolute atomic E-state index is 12.5. The molecule has 18 heavy (non-hydrogen) atoms. The van der Waals surface area contributed by atoms with Crippen molar-refractivity contribution in [3.8, 4) is 0 Å². The van der Waals surface area contributed by atoms with Gasteiger partial charge in [0.05, 0.1) is 23.1 Å². The Morgan fingerprint density at radius 2 is 2.22 bits per heavy atom. The van der Waals surface area contributed by atoms with Gasteiger partial charge in [-0.1, -0.05) is 0 Å². The van der Waals surface area contributed by atoms with Crippen LogP contribution in [0.5, 0.6) is 0 Å². The number of amides is 1. The van der Waals surface area contributed by atoms with Crippen LogP contribution < -0.4 is 4.90 Å². The van der Waals surface area contributed by atoms with Gasteiger partial charge in [-0.15, -0.1) is 0 Å². The summed E-state index contributed by atoms with van der Waals surface area (Å²) in [5.41, 5.74) is 2.25. The molecule has 2 aromatic heterocycles. The molecule has 0 radical (unpaired) electrons. The van der Waals surface area contributed by atoms with E-state index in [1.54, 1.807) is 22.7 Å². The van der Waals surface area contributed by atoms with Crippen LogP contribution in [0.4, 0.5) is 5.69 Å². The molecule has 2 aromatic rings. The Balaban J connectivity index is 2.38. The smallest absolute Gasteiger partial charge is 0.261 e. The van der Waals surface area contributed by atoms with Gasteiger partial charge < -0.3 is 4.90 Å². The number of carbonyl (C=O) groups is 1. The van der Waals surface area contributed by atoms with E-state index in [0.29, 0.717) is 5.56 Å². The molecule has 0 atom stereocenters. The first-order chi connectivity index (χ1) is 8.61. The van der Waals surface area contributed by atoms with Crippen molar-refractivity contribution >= 4 is 23.1 Å². The summed E-state index contributed by atoms with van der Waals surface area (Å²) in [5, 5.41) is 1.80. The molecule has 0 aliphatic rings. The fourth-order valence-electron chi connectivity index (χ4n) is 1.77. The third kappa shape index (κ3) is 2.41. The Morgan fingerprint density at radius 1 is 1.44 bits per heavy atom. The fourth-order valence-corrected chi connectivity index (χ4v) is 2.46. The summed E-state index contributed by atoms with van der Waals surface area (Å²) in [4.78, 5) is 18.3. The van der Waals surface area contributed by atoms with Gasteiger partial charge in [0, 0.05) is 17.6 Å². The molecule has 0 fully saturated rings. The lowest BCUT2D eigenvalue weighted by atomic mass is 10.2. The zero-order valence-electron chi connectivity index (χ0n) is 10.6. The number of hydrogen-bond acceptors (Lipinski definition) is 4. The molecule has 0 spiro atoms. The van der Waals surface area contributed by atoms with Crippen LogP contribution in [-0.2, 0) is 0 Å². The summed E-state index contributed by atoms with van der Waals surface area (Å²) in [7, 11) is 0. The van der Waals surface area contributed by atoms with Crippen molar-refractivity contribution < 1.29 is 4.79 Å². The van der Waals surface area contributed by atoms with Crippen LogP contribution in [0.2, 0.25) is 0 Å². The van der Waals surface area contributed by atoms with Crippen molar-refractivity contribution in [3.05, 3.63) is 41.2 Å². The highest BCUT2D eigenvalue weighted by Crippen LogP contribution is 2.21. The van der Waals surface area contributed by atoms with E-state index in [1.165, 1.54) is 11.5 Å². The highest BCUT2D eigenvalue weighted by atomic mass is 32.1. The van der Waals surface area contributed by atoms with Crippen LogP contribution in [0.3, 0.4) is 0 Å². The number of aryl methyl sites for hydroxylation is 1. The number of hydrogen-bond donors (Lipinski definition) is 0. The quantitative estimate of drug-likeness (QED) is 0.853. The Bertz CT molecular complexity index is 536. The van der Waals surface area contributed by atoms with E-state index in [9.17, 15) is 4.79 Å². The van der Waals surface area contributed by atoms with Crippen molar-refractivity contribution in [2.45, 2.75) is 26.8 Å². The Kier molecular flexibility index (Phi) is 3.72. The van der Waals surface area contributed by atoms with Gasteiger partial charge in [0.1, 0.15) is 0 Å². The number of carbonyl (C=O) groups excluding carboxylic acids is 1. The van der Waals surface area contributed by atoms with E-state index in [4.69, 9.17) is 0 Å². The van der Waals surface area contributed by atoms with E-state index in [0.717, 1.165) is 11.4 Å². The van der Waals surface area contributed by atoms with Crippen molar-refractivity contribution in [1.82, 2.24) is 9.36 Å². The second-order valence-corrected chi connectivity index (χ2v) is 4.92. The summed E-state index contributed by atoms with van der Waals surface area (Å²) < 4.78 is 4.15. The number of pyridine rings is 1. The van der Waals surface area contributed by atoms with E-state index >= 15 is 0 Å². The van der Waals surface area contributed by atoms with Gasteiger partial charge in [0.25, 0.3) is 5.91 Å². The minimum Gasteiger partial charge on any atom is -0.304 e. The molecule has 4 nitrogen and oxygen atoms in total. The molecule has 2 heterocycles.